The lowest BCUT2D eigenvalue weighted by molar-refractivity contribution is 0.0807. The molecule has 0 aromatic carbocycles. The van der Waals surface area contributed by atoms with Gasteiger partial charge in [-0.25, -0.2) is 0 Å². The summed E-state index contributed by atoms with van der Waals surface area (Å²) in [7, 11) is 0. The third-order valence-electron chi connectivity index (χ3n) is 2.57. The molecular formula is C8H16O. The Morgan fingerprint density at radius 3 is 2.22 bits per heavy atom. The minimum atomic E-state index is -0.00352. The molecule has 0 aromatic rings. The second kappa shape index (κ2) is 2.70. The molecule has 1 aliphatic carbocycles. The molecule has 3 atom stereocenters. The molecule has 0 radical (unpaired) electrons. The van der Waals surface area contributed by atoms with Gasteiger partial charge in [0, 0.05) is 0 Å². The van der Waals surface area contributed by atoms with Gasteiger partial charge >= 0.3 is 0 Å². The molecule has 1 rings (SSSR count). The second-order valence-electron chi connectivity index (χ2n) is 3.42. The van der Waals surface area contributed by atoms with E-state index in [1.807, 2.05) is 0 Å². The topological polar surface area (TPSA) is 20.2 Å². The molecular weight excluding hydrogens is 112 g/mol. The summed E-state index contributed by atoms with van der Waals surface area (Å²) >= 11 is 0. The van der Waals surface area contributed by atoms with Crippen molar-refractivity contribution in [3.63, 3.8) is 0 Å². The van der Waals surface area contributed by atoms with Crippen molar-refractivity contribution in [1.29, 1.82) is 0 Å². The van der Waals surface area contributed by atoms with Crippen molar-refractivity contribution in [3.8, 4) is 0 Å². The van der Waals surface area contributed by atoms with E-state index in [0.717, 1.165) is 24.7 Å². The van der Waals surface area contributed by atoms with Crippen LogP contribution in [-0.2, 0) is 0 Å². The van der Waals surface area contributed by atoms with Gasteiger partial charge in [0.15, 0.2) is 0 Å². The summed E-state index contributed by atoms with van der Waals surface area (Å²) in [5, 5.41) is 9.20. The smallest absolute Gasteiger partial charge is 0.0543 e. The van der Waals surface area contributed by atoms with Crippen LogP contribution < -0.4 is 0 Å². The van der Waals surface area contributed by atoms with E-state index in [1.54, 1.807) is 0 Å². The number of aliphatic hydroxyl groups is 1. The Bertz CT molecular complexity index is 90.6. The van der Waals surface area contributed by atoms with Crippen LogP contribution in [0, 0.1) is 11.8 Å². The number of hydrogen-bond acceptors (Lipinski definition) is 1. The summed E-state index contributed by atoms with van der Waals surface area (Å²) in [6.07, 6.45) is 3.24. The zero-order valence-electron chi connectivity index (χ0n) is 6.30. The van der Waals surface area contributed by atoms with Gasteiger partial charge < -0.3 is 5.11 Å². The molecule has 9 heavy (non-hydrogen) atoms. The van der Waals surface area contributed by atoms with Gasteiger partial charge in [0.05, 0.1) is 6.10 Å². The summed E-state index contributed by atoms with van der Waals surface area (Å²) in [5.74, 6) is 1.56. The molecule has 1 aliphatic rings. The van der Waals surface area contributed by atoms with Crippen molar-refractivity contribution < 1.29 is 5.11 Å². The molecule has 0 saturated heterocycles. The van der Waals surface area contributed by atoms with E-state index in [0.29, 0.717) is 0 Å². The van der Waals surface area contributed by atoms with Gasteiger partial charge in [0.2, 0.25) is 0 Å². The first-order valence-electron chi connectivity index (χ1n) is 3.88. The van der Waals surface area contributed by atoms with Crippen LogP contribution in [0.25, 0.3) is 0 Å². The molecule has 1 saturated carbocycles. The molecule has 1 unspecified atom stereocenters. The van der Waals surface area contributed by atoms with Gasteiger partial charge in [-0.3, -0.25) is 0 Å². The molecule has 1 fully saturated rings. The monoisotopic (exact) mass is 128 g/mol. The molecule has 0 aromatic heterocycles. The Labute approximate surface area is 57.1 Å². The van der Waals surface area contributed by atoms with Crippen LogP contribution in [0.3, 0.4) is 0 Å². The minimum absolute atomic E-state index is 0.00352. The highest BCUT2D eigenvalue weighted by Gasteiger charge is 2.22. The molecule has 0 amide bonds. The standard InChI is InChI=1S/C8H16O/c1-6-3-4-8(9)5-7(6)2/h6-9H,3-5H2,1-2H3/t6-,7+,8?/m0/s1. The van der Waals surface area contributed by atoms with Gasteiger partial charge in [-0.15, -0.1) is 0 Å². The zero-order chi connectivity index (χ0) is 6.85. The van der Waals surface area contributed by atoms with Crippen LogP contribution in [0.4, 0.5) is 0 Å². The zero-order valence-corrected chi connectivity index (χ0v) is 6.30. The lowest BCUT2D eigenvalue weighted by atomic mass is 9.80. The molecule has 54 valence electrons. The average molecular weight is 128 g/mol. The summed E-state index contributed by atoms with van der Waals surface area (Å²) in [5.41, 5.74) is 0. The fourth-order valence-corrected chi connectivity index (χ4v) is 1.52. The van der Waals surface area contributed by atoms with Gasteiger partial charge in [0.1, 0.15) is 0 Å². The predicted octanol–water partition coefficient (Wildman–Crippen LogP) is 1.80. The maximum absolute atomic E-state index is 9.20. The van der Waals surface area contributed by atoms with Crippen LogP contribution in [0.15, 0.2) is 0 Å². The van der Waals surface area contributed by atoms with Crippen molar-refractivity contribution >= 4 is 0 Å². The SMILES string of the molecule is C[C@@H]1CC(O)CC[C@@H]1C. The van der Waals surface area contributed by atoms with E-state index in [1.165, 1.54) is 6.42 Å². The highest BCUT2D eigenvalue weighted by molar-refractivity contribution is 4.73. The molecule has 1 N–H and O–H groups in total. The van der Waals surface area contributed by atoms with Gasteiger partial charge in [-0.05, 0) is 31.1 Å². The molecule has 1 nitrogen and oxygen atoms in total. The summed E-state index contributed by atoms with van der Waals surface area (Å²) < 4.78 is 0. The number of rotatable bonds is 0. The van der Waals surface area contributed by atoms with Crippen LogP contribution in [0.2, 0.25) is 0 Å². The fourth-order valence-electron chi connectivity index (χ4n) is 1.52. The van der Waals surface area contributed by atoms with E-state index in [2.05, 4.69) is 13.8 Å². The first-order chi connectivity index (χ1) is 4.20. The van der Waals surface area contributed by atoms with Crippen molar-refractivity contribution in [2.24, 2.45) is 11.8 Å². The van der Waals surface area contributed by atoms with E-state index in [9.17, 15) is 5.11 Å². The Morgan fingerprint density at radius 2 is 1.78 bits per heavy atom. The molecule has 0 heterocycles. The van der Waals surface area contributed by atoms with Gasteiger partial charge in [-0.1, -0.05) is 13.8 Å². The predicted molar refractivity (Wildman–Crippen MR) is 38.2 cm³/mol. The summed E-state index contributed by atoms with van der Waals surface area (Å²) in [6.45, 7) is 4.50. The molecule has 0 spiro atoms. The van der Waals surface area contributed by atoms with Crippen molar-refractivity contribution in [3.05, 3.63) is 0 Å². The summed E-state index contributed by atoms with van der Waals surface area (Å²) in [4.78, 5) is 0. The van der Waals surface area contributed by atoms with Crippen LogP contribution >= 0.6 is 0 Å². The van der Waals surface area contributed by atoms with Gasteiger partial charge in [-0.2, -0.15) is 0 Å². The molecule has 0 aliphatic heterocycles. The van der Waals surface area contributed by atoms with Crippen LogP contribution in [-0.4, -0.2) is 11.2 Å². The second-order valence-corrected chi connectivity index (χ2v) is 3.42. The highest BCUT2D eigenvalue weighted by atomic mass is 16.3. The highest BCUT2D eigenvalue weighted by Crippen LogP contribution is 2.28. The Hall–Kier alpha value is -0.0400. The first-order valence-corrected chi connectivity index (χ1v) is 3.88. The first kappa shape index (κ1) is 7.07. The number of hydrogen-bond donors (Lipinski definition) is 1. The van der Waals surface area contributed by atoms with E-state index in [4.69, 9.17) is 0 Å². The third kappa shape index (κ3) is 1.68. The largest absolute Gasteiger partial charge is 0.393 e. The lowest BCUT2D eigenvalue weighted by Crippen LogP contribution is -2.23. The quantitative estimate of drug-likeness (QED) is 0.527. The molecule has 0 bridgehead atoms. The minimum Gasteiger partial charge on any atom is -0.393 e. The fraction of sp³-hybridized carbons (Fsp3) is 1.00. The molecule has 1 heteroatoms. The lowest BCUT2D eigenvalue weighted by Gasteiger charge is -2.28. The van der Waals surface area contributed by atoms with Crippen molar-refractivity contribution in [2.45, 2.75) is 39.2 Å². The van der Waals surface area contributed by atoms with Crippen molar-refractivity contribution in [1.82, 2.24) is 0 Å². The third-order valence-corrected chi connectivity index (χ3v) is 2.57. The van der Waals surface area contributed by atoms with Gasteiger partial charge in [0.25, 0.3) is 0 Å². The van der Waals surface area contributed by atoms with E-state index < -0.39 is 0 Å². The number of aliphatic hydroxyl groups excluding tert-OH is 1. The maximum Gasteiger partial charge on any atom is 0.0543 e. The van der Waals surface area contributed by atoms with E-state index in [-0.39, 0.29) is 6.10 Å². The Kier molecular flexibility index (Phi) is 2.12. The van der Waals surface area contributed by atoms with E-state index >= 15 is 0 Å². The Balaban J connectivity index is 2.35. The normalized spacial score (nSPS) is 45.0. The van der Waals surface area contributed by atoms with Crippen LogP contribution in [0.5, 0.6) is 0 Å². The maximum atomic E-state index is 9.20. The van der Waals surface area contributed by atoms with Crippen molar-refractivity contribution in [2.75, 3.05) is 0 Å². The summed E-state index contributed by atoms with van der Waals surface area (Å²) in [6, 6.07) is 0. The Morgan fingerprint density at radius 1 is 1.11 bits per heavy atom. The average Bonchev–Trinajstić information content (AvgIpc) is 1.80. The van der Waals surface area contributed by atoms with Crippen LogP contribution in [0.1, 0.15) is 33.1 Å².